The van der Waals surface area contributed by atoms with Gasteiger partial charge < -0.3 is 14.6 Å². The van der Waals surface area contributed by atoms with Crippen LogP contribution in [0.1, 0.15) is 36.3 Å². The van der Waals surface area contributed by atoms with E-state index in [1.54, 1.807) is 7.11 Å². The zero-order valence-electron chi connectivity index (χ0n) is 20.5. The Hall–Kier alpha value is -2.84. The summed E-state index contributed by atoms with van der Waals surface area (Å²) in [5.74, 6) is 4.32. The lowest BCUT2D eigenvalue weighted by Crippen LogP contribution is -2.40. The number of hydrogen-bond acceptors (Lipinski definition) is 7. The first-order valence-corrected chi connectivity index (χ1v) is 13.4. The third kappa shape index (κ3) is 7.57. The second-order valence-electron chi connectivity index (χ2n) is 8.97. The first kappa shape index (κ1) is 25.3. The Labute approximate surface area is 211 Å². The van der Waals surface area contributed by atoms with Crippen molar-refractivity contribution >= 4 is 17.7 Å². The van der Waals surface area contributed by atoms with Crippen LogP contribution in [0.3, 0.4) is 0 Å². The molecule has 3 aromatic rings. The van der Waals surface area contributed by atoms with Crippen molar-refractivity contribution in [2.45, 2.75) is 38.5 Å². The standard InChI is InChI=1S/C27H34N4O3S/c1-20-4-6-21(7-5-20)19-35-17-3-14-28-27(32)23-12-15-31(16-13-23)18-25-29-26(30-34-25)22-8-10-24(33-2)11-9-22/h4-11,23H,3,12-19H2,1-2H3,(H,28,32). The van der Waals surface area contributed by atoms with Crippen LogP contribution < -0.4 is 10.1 Å². The molecule has 0 bridgehead atoms. The monoisotopic (exact) mass is 494 g/mol. The van der Waals surface area contributed by atoms with Gasteiger partial charge in [0.1, 0.15) is 5.75 Å². The van der Waals surface area contributed by atoms with E-state index in [2.05, 4.69) is 51.5 Å². The zero-order chi connectivity index (χ0) is 24.5. The molecule has 1 amide bonds. The molecule has 186 valence electrons. The first-order valence-electron chi connectivity index (χ1n) is 12.2. The third-order valence-electron chi connectivity index (χ3n) is 6.29. The SMILES string of the molecule is COc1ccc(-c2noc(CN3CCC(C(=O)NCCCSCc4ccc(C)cc4)CC3)n2)cc1. The van der Waals surface area contributed by atoms with Gasteiger partial charge in [-0.05, 0) is 74.9 Å². The van der Waals surface area contributed by atoms with E-state index in [1.807, 2.05) is 36.0 Å². The Morgan fingerprint density at radius 3 is 2.60 bits per heavy atom. The number of rotatable bonds is 11. The van der Waals surface area contributed by atoms with Crippen LogP contribution >= 0.6 is 11.8 Å². The van der Waals surface area contributed by atoms with Gasteiger partial charge in [0.15, 0.2) is 0 Å². The van der Waals surface area contributed by atoms with Crippen LogP contribution in [0.15, 0.2) is 53.1 Å². The van der Waals surface area contributed by atoms with Crippen molar-refractivity contribution in [3.8, 4) is 17.1 Å². The van der Waals surface area contributed by atoms with E-state index in [0.717, 1.165) is 61.7 Å². The maximum absolute atomic E-state index is 12.6. The summed E-state index contributed by atoms with van der Waals surface area (Å²) in [7, 11) is 1.64. The Balaban J connectivity index is 1.11. The molecule has 7 nitrogen and oxygen atoms in total. The number of hydrogen-bond donors (Lipinski definition) is 1. The third-order valence-corrected chi connectivity index (χ3v) is 7.40. The van der Waals surface area contributed by atoms with Gasteiger partial charge in [-0.15, -0.1) is 0 Å². The molecular formula is C27H34N4O3S. The fraction of sp³-hybridized carbons (Fsp3) is 0.444. The number of aryl methyl sites for hydroxylation is 1. The van der Waals surface area contributed by atoms with Gasteiger partial charge in [0.25, 0.3) is 0 Å². The van der Waals surface area contributed by atoms with Gasteiger partial charge in [-0.1, -0.05) is 35.0 Å². The molecule has 1 fully saturated rings. The fourth-order valence-electron chi connectivity index (χ4n) is 4.13. The van der Waals surface area contributed by atoms with Crippen LogP contribution in [0.2, 0.25) is 0 Å². The van der Waals surface area contributed by atoms with E-state index in [1.165, 1.54) is 11.1 Å². The summed E-state index contributed by atoms with van der Waals surface area (Å²) in [4.78, 5) is 19.4. The van der Waals surface area contributed by atoms with Gasteiger partial charge >= 0.3 is 0 Å². The van der Waals surface area contributed by atoms with Crippen molar-refractivity contribution in [1.82, 2.24) is 20.4 Å². The number of carbonyl (C=O) groups excluding carboxylic acids is 1. The molecule has 0 unspecified atom stereocenters. The van der Waals surface area contributed by atoms with Gasteiger partial charge in [0.2, 0.25) is 17.6 Å². The van der Waals surface area contributed by atoms with Gasteiger partial charge in [-0.25, -0.2) is 0 Å². The first-order chi connectivity index (χ1) is 17.1. The minimum Gasteiger partial charge on any atom is -0.497 e. The van der Waals surface area contributed by atoms with Gasteiger partial charge in [0.05, 0.1) is 13.7 Å². The number of methoxy groups -OCH3 is 1. The molecule has 1 saturated heterocycles. The summed E-state index contributed by atoms with van der Waals surface area (Å²) in [6, 6.07) is 16.3. The molecule has 0 aliphatic carbocycles. The number of nitrogens with one attached hydrogen (secondary N) is 1. The van der Waals surface area contributed by atoms with E-state index in [9.17, 15) is 4.79 Å². The normalized spacial score (nSPS) is 14.7. The molecule has 1 N–H and O–H groups in total. The average molecular weight is 495 g/mol. The molecule has 0 saturated carbocycles. The quantitative estimate of drug-likeness (QED) is 0.387. The lowest BCUT2D eigenvalue weighted by molar-refractivity contribution is -0.126. The van der Waals surface area contributed by atoms with Crippen LogP contribution in [-0.4, -0.2) is 53.4 Å². The van der Waals surface area contributed by atoms with Crippen LogP contribution in [0.4, 0.5) is 0 Å². The molecule has 1 aromatic heterocycles. The Morgan fingerprint density at radius 1 is 1.14 bits per heavy atom. The molecule has 2 heterocycles. The van der Waals surface area contributed by atoms with Gasteiger partial charge in [-0.3, -0.25) is 9.69 Å². The van der Waals surface area contributed by atoms with Crippen LogP contribution in [0.25, 0.3) is 11.4 Å². The predicted octanol–water partition coefficient (Wildman–Crippen LogP) is 4.71. The summed E-state index contributed by atoms with van der Waals surface area (Å²) in [5.41, 5.74) is 3.54. The van der Waals surface area contributed by atoms with Crippen molar-refractivity contribution in [1.29, 1.82) is 0 Å². The molecule has 0 radical (unpaired) electrons. The second-order valence-corrected chi connectivity index (χ2v) is 10.1. The predicted molar refractivity (Wildman–Crippen MR) is 139 cm³/mol. The highest BCUT2D eigenvalue weighted by atomic mass is 32.2. The molecule has 2 aromatic carbocycles. The number of amides is 1. The number of likely N-dealkylation sites (tertiary alicyclic amines) is 1. The van der Waals surface area contributed by atoms with Gasteiger partial charge in [0, 0.05) is 23.8 Å². The summed E-state index contributed by atoms with van der Waals surface area (Å²) < 4.78 is 10.6. The molecule has 0 spiro atoms. The van der Waals surface area contributed by atoms with E-state index >= 15 is 0 Å². The number of ether oxygens (including phenoxy) is 1. The second kappa shape index (κ2) is 12.7. The van der Waals surface area contributed by atoms with Crippen molar-refractivity contribution in [3.05, 3.63) is 65.5 Å². The number of thioether (sulfide) groups is 1. The molecule has 0 atom stereocenters. The van der Waals surface area contributed by atoms with E-state index in [4.69, 9.17) is 9.26 Å². The number of aromatic nitrogens is 2. The maximum Gasteiger partial charge on any atom is 0.241 e. The van der Waals surface area contributed by atoms with Gasteiger partial charge in [-0.2, -0.15) is 16.7 Å². The minimum atomic E-state index is 0.0870. The van der Waals surface area contributed by atoms with E-state index in [0.29, 0.717) is 18.3 Å². The van der Waals surface area contributed by atoms with Crippen molar-refractivity contribution in [2.24, 2.45) is 5.92 Å². The largest absolute Gasteiger partial charge is 0.497 e. The highest BCUT2D eigenvalue weighted by Gasteiger charge is 2.25. The van der Waals surface area contributed by atoms with Crippen molar-refractivity contribution in [2.75, 3.05) is 32.5 Å². The Kier molecular flexibility index (Phi) is 9.20. The minimum absolute atomic E-state index is 0.0870. The zero-order valence-corrected chi connectivity index (χ0v) is 21.4. The molecule has 4 rings (SSSR count). The average Bonchev–Trinajstić information content (AvgIpc) is 3.36. The number of carbonyl (C=O) groups is 1. The fourth-order valence-corrected chi connectivity index (χ4v) is 5.05. The number of nitrogens with zero attached hydrogens (tertiary/aromatic N) is 3. The van der Waals surface area contributed by atoms with Crippen LogP contribution in [-0.2, 0) is 17.1 Å². The summed E-state index contributed by atoms with van der Waals surface area (Å²) in [6.07, 6.45) is 2.70. The van der Waals surface area contributed by atoms with Crippen molar-refractivity contribution < 1.29 is 14.1 Å². The Bertz CT molecular complexity index is 1060. The Morgan fingerprint density at radius 2 is 1.89 bits per heavy atom. The molecule has 8 heteroatoms. The molecule has 1 aliphatic rings. The summed E-state index contributed by atoms with van der Waals surface area (Å²) >= 11 is 1.92. The smallest absolute Gasteiger partial charge is 0.241 e. The highest BCUT2D eigenvalue weighted by Crippen LogP contribution is 2.22. The summed E-state index contributed by atoms with van der Waals surface area (Å²) in [5, 5.41) is 7.24. The summed E-state index contributed by atoms with van der Waals surface area (Å²) in [6.45, 7) is 5.16. The lowest BCUT2D eigenvalue weighted by atomic mass is 9.96. The molecule has 35 heavy (non-hydrogen) atoms. The van der Waals surface area contributed by atoms with E-state index in [-0.39, 0.29) is 11.8 Å². The molecule has 1 aliphatic heterocycles. The van der Waals surface area contributed by atoms with Crippen LogP contribution in [0, 0.1) is 12.8 Å². The lowest BCUT2D eigenvalue weighted by Gasteiger charge is -2.30. The number of piperidine rings is 1. The maximum atomic E-state index is 12.6. The topological polar surface area (TPSA) is 80.5 Å². The molecular weight excluding hydrogens is 460 g/mol. The van der Waals surface area contributed by atoms with Crippen LogP contribution in [0.5, 0.6) is 5.75 Å². The van der Waals surface area contributed by atoms with E-state index < -0.39 is 0 Å². The number of benzene rings is 2. The highest BCUT2D eigenvalue weighted by molar-refractivity contribution is 7.98. The van der Waals surface area contributed by atoms with Crippen molar-refractivity contribution in [3.63, 3.8) is 0 Å².